The first kappa shape index (κ1) is 13.3. The molecule has 0 aliphatic rings. The van der Waals surface area contributed by atoms with Crippen molar-refractivity contribution in [2.24, 2.45) is 5.92 Å². The summed E-state index contributed by atoms with van der Waals surface area (Å²) in [6.45, 7) is 6.01. The van der Waals surface area contributed by atoms with Crippen LogP contribution in [-0.4, -0.2) is 17.8 Å². The van der Waals surface area contributed by atoms with Crippen LogP contribution in [0, 0.1) is 24.2 Å². The molecule has 0 saturated carbocycles. The molecule has 4 nitrogen and oxygen atoms in total. The largest absolute Gasteiger partial charge is 0.397 e. The van der Waals surface area contributed by atoms with Gasteiger partial charge in [0.15, 0.2) is 0 Å². The number of nitrogens with zero attached hydrogens (tertiary/aromatic N) is 1. The number of anilines is 2. The number of nitrogens with one attached hydrogen (secondary N) is 1. The van der Waals surface area contributed by atoms with Crippen LogP contribution in [0.25, 0.3) is 0 Å². The van der Waals surface area contributed by atoms with Crippen molar-refractivity contribution in [3.8, 4) is 6.07 Å². The number of aliphatic hydroxyl groups excluding tert-OH is 1. The van der Waals surface area contributed by atoms with Gasteiger partial charge in [0.25, 0.3) is 0 Å². The third kappa shape index (κ3) is 3.11. The maximum absolute atomic E-state index is 9.28. The van der Waals surface area contributed by atoms with E-state index < -0.39 is 0 Å². The fraction of sp³-hybridized carbons (Fsp3) is 0.462. The third-order valence-electron chi connectivity index (χ3n) is 2.83. The molecule has 4 heteroatoms. The first-order chi connectivity index (χ1) is 7.99. The highest BCUT2D eigenvalue weighted by Crippen LogP contribution is 2.26. The second-order valence-electron chi connectivity index (χ2n) is 4.55. The van der Waals surface area contributed by atoms with E-state index in [0.29, 0.717) is 17.2 Å². The van der Waals surface area contributed by atoms with E-state index in [0.717, 1.165) is 11.3 Å². The second kappa shape index (κ2) is 5.55. The van der Waals surface area contributed by atoms with Gasteiger partial charge in [-0.3, -0.25) is 0 Å². The van der Waals surface area contributed by atoms with Gasteiger partial charge in [0, 0.05) is 0 Å². The van der Waals surface area contributed by atoms with Crippen LogP contribution in [0.15, 0.2) is 12.1 Å². The van der Waals surface area contributed by atoms with Gasteiger partial charge in [-0.1, -0.05) is 13.8 Å². The van der Waals surface area contributed by atoms with E-state index in [1.165, 1.54) is 0 Å². The van der Waals surface area contributed by atoms with Crippen molar-refractivity contribution in [3.05, 3.63) is 23.3 Å². The zero-order valence-electron chi connectivity index (χ0n) is 10.5. The average molecular weight is 233 g/mol. The van der Waals surface area contributed by atoms with Crippen LogP contribution in [0.1, 0.15) is 25.0 Å². The van der Waals surface area contributed by atoms with E-state index in [-0.39, 0.29) is 12.6 Å². The summed E-state index contributed by atoms with van der Waals surface area (Å²) >= 11 is 0. The first-order valence-corrected chi connectivity index (χ1v) is 5.67. The van der Waals surface area contributed by atoms with Gasteiger partial charge in [-0.2, -0.15) is 5.26 Å². The Hall–Kier alpha value is -1.73. The van der Waals surface area contributed by atoms with Crippen molar-refractivity contribution < 1.29 is 5.11 Å². The number of nitrogens with two attached hydrogens (primary N) is 1. The van der Waals surface area contributed by atoms with Crippen LogP contribution in [-0.2, 0) is 0 Å². The molecule has 1 rings (SSSR count). The molecular formula is C13H19N3O. The maximum atomic E-state index is 9.28. The molecule has 0 spiro atoms. The topological polar surface area (TPSA) is 82.1 Å². The molecule has 92 valence electrons. The Balaban J connectivity index is 3.03. The summed E-state index contributed by atoms with van der Waals surface area (Å²) in [7, 11) is 0. The maximum Gasteiger partial charge on any atom is 0.0992 e. The van der Waals surface area contributed by atoms with Gasteiger partial charge in [-0.15, -0.1) is 0 Å². The Morgan fingerprint density at radius 3 is 2.53 bits per heavy atom. The molecular weight excluding hydrogens is 214 g/mol. The summed E-state index contributed by atoms with van der Waals surface area (Å²) in [4.78, 5) is 0. The normalized spacial score (nSPS) is 12.2. The molecule has 0 bridgehead atoms. The molecule has 0 radical (unpaired) electrons. The molecule has 0 fully saturated rings. The van der Waals surface area contributed by atoms with Gasteiger partial charge >= 0.3 is 0 Å². The van der Waals surface area contributed by atoms with Crippen molar-refractivity contribution in [2.75, 3.05) is 17.7 Å². The predicted octanol–water partition coefficient (Wildman–Crippen LogP) is 1.88. The van der Waals surface area contributed by atoms with Crippen LogP contribution in [0.2, 0.25) is 0 Å². The predicted molar refractivity (Wildman–Crippen MR) is 69.6 cm³/mol. The number of benzene rings is 1. The second-order valence-corrected chi connectivity index (χ2v) is 4.55. The molecule has 0 heterocycles. The number of nitrogen functional groups attached to an aromatic ring is 1. The van der Waals surface area contributed by atoms with E-state index in [4.69, 9.17) is 11.0 Å². The van der Waals surface area contributed by atoms with Crippen LogP contribution >= 0.6 is 0 Å². The smallest absolute Gasteiger partial charge is 0.0992 e. The van der Waals surface area contributed by atoms with Gasteiger partial charge in [-0.25, -0.2) is 0 Å². The van der Waals surface area contributed by atoms with Crippen molar-refractivity contribution in [3.63, 3.8) is 0 Å². The molecule has 0 aliphatic carbocycles. The zero-order valence-corrected chi connectivity index (χ0v) is 10.5. The van der Waals surface area contributed by atoms with Crippen molar-refractivity contribution in [1.29, 1.82) is 5.26 Å². The van der Waals surface area contributed by atoms with Crippen LogP contribution in [0.5, 0.6) is 0 Å². The molecule has 0 saturated heterocycles. The fourth-order valence-electron chi connectivity index (χ4n) is 1.68. The highest BCUT2D eigenvalue weighted by atomic mass is 16.3. The molecule has 1 aromatic carbocycles. The Kier molecular flexibility index (Phi) is 4.36. The molecule has 0 aliphatic heterocycles. The highest BCUT2D eigenvalue weighted by molar-refractivity contribution is 5.72. The zero-order chi connectivity index (χ0) is 13.0. The lowest BCUT2D eigenvalue weighted by Gasteiger charge is -2.23. The lowest BCUT2D eigenvalue weighted by molar-refractivity contribution is 0.249. The van der Waals surface area contributed by atoms with E-state index in [9.17, 15) is 5.11 Å². The number of hydrogen-bond acceptors (Lipinski definition) is 4. The molecule has 17 heavy (non-hydrogen) atoms. The van der Waals surface area contributed by atoms with Gasteiger partial charge in [-0.05, 0) is 30.5 Å². The third-order valence-corrected chi connectivity index (χ3v) is 2.83. The summed E-state index contributed by atoms with van der Waals surface area (Å²) < 4.78 is 0. The average Bonchev–Trinajstić information content (AvgIpc) is 2.27. The summed E-state index contributed by atoms with van der Waals surface area (Å²) in [6.07, 6.45) is 0. The first-order valence-electron chi connectivity index (χ1n) is 5.67. The molecule has 1 atom stereocenters. The molecule has 0 amide bonds. The standard InChI is InChI=1S/C13H19N3O/c1-8(2)12(7-17)16-13-9(3)4-10(6-14)5-11(13)15/h4-5,8,12,16-17H,7,15H2,1-3H3/t12-/m1/s1. The number of aliphatic hydroxyl groups is 1. The van der Waals surface area contributed by atoms with Gasteiger partial charge in [0.05, 0.1) is 35.7 Å². The van der Waals surface area contributed by atoms with E-state index >= 15 is 0 Å². The monoisotopic (exact) mass is 233 g/mol. The fourth-order valence-corrected chi connectivity index (χ4v) is 1.68. The Bertz CT molecular complexity index is 412. The highest BCUT2D eigenvalue weighted by Gasteiger charge is 2.14. The van der Waals surface area contributed by atoms with Crippen molar-refractivity contribution in [1.82, 2.24) is 0 Å². The molecule has 4 N–H and O–H groups in total. The van der Waals surface area contributed by atoms with Crippen LogP contribution in [0.4, 0.5) is 11.4 Å². The Morgan fingerprint density at radius 1 is 1.47 bits per heavy atom. The van der Waals surface area contributed by atoms with E-state index in [1.807, 2.05) is 20.8 Å². The molecule has 0 unspecified atom stereocenters. The summed E-state index contributed by atoms with van der Waals surface area (Å²) in [5.41, 5.74) is 8.72. The lowest BCUT2D eigenvalue weighted by atomic mass is 10.0. The number of nitriles is 1. The summed E-state index contributed by atoms with van der Waals surface area (Å²) in [6, 6.07) is 5.46. The number of rotatable bonds is 4. The minimum Gasteiger partial charge on any atom is -0.397 e. The Morgan fingerprint density at radius 2 is 2.12 bits per heavy atom. The molecule has 1 aromatic rings. The van der Waals surface area contributed by atoms with Gasteiger partial charge in [0.1, 0.15) is 0 Å². The summed E-state index contributed by atoms with van der Waals surface area (Å²) in [5.74, 6) is 0.300. The minimum atomic E-state index is -0.0380. The van der Waals surface area contributed by atoms with Crippen LogP contribution in [0.3, 0.4) is 0 Å². The van der Waals surface area contributed by atoms with Gasteiger partial charge < -0.3 is 16.2 Å². The number of aryl methyl sites for hydroxylation is 1. The van der Waals surface area contributed by atoms with E-state index in [1.54, 1.807) is 12.1 Å². The van der Waals surface area contributed by atoms with Crippen LogP contribution < -0.4 is 11.1 Å². The Labute approximate surface area is 102 Å². The molecule has 0 aromatic heterocycles. The van der Waals surface area contributed by atoms with Crippen molar-refractivity contribution >= 4 is 11.4 Å². The van der Waals surface area contributed by atoms with E-state index in [2.05, 4.69) is 11.4 Å². The van der Waals surface area contributed by atoms with Crippen molar-refractivity contribution in [2.45, 2.75) is 26.8 Å². The van der Waals surface area contributed by atoms with Gasteiger partial charge in [0.2, 0.25) is 0 Å². The minimum absolute atomic E-state index is 0.0380. The quantitative estimate of drug-likeness (QED) is 0.693. The number of hydrogen-bond donors (Lipinski definition) is 3. The SMILES string of the molecule is Cc1cc(C#N)cc(N)c1N[C@H](CO)C(C)C. The summed E-state index contributed by atoms with van der Waals surface area (Å²) in [5, 5.41) is 21.3. The lowest BCUT2D eigenvalue weighted by Crippen LogP contribution is -2.30.